The number of carbonyl (C=O) groups is 1. The molecule has 0 aliphatic heterocycles. The Balaban J connectivity index is 2.83. The third-order valence-electron chi connectivity index (χ3n) is 3.18. The molecule has 0 unspecified atom stereocenters. The van der Waals surface area contributed by atoms with Crippen LogP contribution in [0.2, 0.25) is 0 Å². The molecule has 1 aromatic rings. The van der Waals surface area contributed by atoms with E-state index in [9.17, 15) is 10.1 Å². The quantitative estimate of drug-likeness (QED) is 0.746. The third-order valence-corrected chi connectivity index (χ3v) is 3.18. The van der Waals surface area contributed by atoms with Crippen LogP contribution in [0, 0.1) is 11.3 Å². The van der Waals surface area contributed by atoms with E-state index in [1.165, 1.54) is 0 Å². The molecule has 5 nitrogen and oxygen atoms in total. The van der Waals surface area contributed by atoms with Gasteiger partial charge in [0, 0.05) is 6.61 Å². The van der Waals surface area contributed by atoms with Crippen LogP contribution in [0.4, 0.5) is 5.69 Å². The lowest BCUT2D eigenvalue weighted by atomic mass is 10.1. The van der Waals surface area contributed by atoms with E-state index < -0.39 is 5.60 Å². The van der Waals surface area contributed by atoms with Gasteiger partial charge in [-0.1, -0.05) is 13.3 Å². The number of ether oxygens (including phenoxy) is 2. The van der Waals surface area contributed by atoms with Crippen molar-refractivity contribution in [1.82, 2.24) is 0 Å². The summed E-state index contributed by atoms with van der Waals surface area (Å²) >= 11 is 0. The molecule has 120 valence electrons. The van der Waals surface area contributed by atoms with Gasteiger partial charge in [-0.2, -0.15) is 5.26 Å². The van der Waals surface area contributed by atoms with Gasteiger partial charge in [-0.05, 0) is 45.4 Å². The number of anilines is 1. The fourth-order valence-corrected chi connectivity index (χ4v) is 1.85. The fourth-order valence-electron chi connectivity index (χ4n) is 1.85. The van der Waals surface area contributed by atoms with Gasteiger partial charge in [0.2, 0.25) is 0 Å². The molecule has 0 bridgehead atoms. The lowest BCUT2D eigenvalue weighted by Gasteiger charge is -2.23. The van der Waals surface area contributed by atoms with Crippen molar-refractivity contribution in [2.24, 2.45) is 0 Å². The van der Waals surface area contributed by atoms with Crippen LogP contribution < -0.4 is 10.1 Å². The Morgan fingerprint density at radius 2 is 2.09 bits per heavy atom. The summed E-state index contributed by atoms with van der Waals surface area (Å²) in [5.74, 6) is 0.345. The molecule has 1 rings (SSSR count). The molecular formula is C17H24N2O3. The van der Waals surface area contributed by atoms with Gasteiger partial charge in [0.25, 0.3) is 5.91 Å². The zero-order valence-electron chi connectivity index (χ0n) is 13.7. The number of benzene rings is 1. The first-order chi connectivity index (χ1) is 10.4. The van der Waals surface area contributed by atoms with Crippen LogP contribution in [-0.2, 0) is 9.53 Å². The summed E-state index contributed by atoms with van der Waals surface area (Å²) in [5.41, 5.74) is -0.115. The van der Waals surface area contributed by atoms with E-state index in [2.05, 4.69) is 18.3 Å². The highest BCUT2D eigenvalue weighted by molar-refractivity contribution is 5.97. The van der Waals surface area contributed by atoms with Gasteiger partial charge in [-0.25, -0.2) is 0 Å². The molecule has 0 radical (unpaired) electrons. The molecule has 0 heterocycles. The normalized spacial score (nSPS) is 10.9. The van der Waals surface area contributed by atoms with Gasteiger partial charge in [-0.3, -0.25) is 4.79 Å². The summed E-state index contributed by atoms with van der Waals surface area (Å²) in [7, 11) is 0. The third kappa shape index (κ3) is 5.05. The Labute approximate surface area is 132 Å². The number of nitrogens with zero attached hydrogens (tertiary/aromatic N) is 1. The molecule has 0 fully saturated rings. The van der Waals surface area contributed by atoms with Crippen molar-refractivity contribution in [3.63, 3.8) is 0 Å². The summed E-state index contributed by atoms with van der Waals surface area (Å²) in [5, 5.41) is 12.0. The number of unbranched alkanes of at least 4 members (excludes halogenated alkanes) is 1. The minimum absolute atomic E-state index is 0.287. The highest BCUT2D eigenvalue weighted by Gasteiger charge is 2.28. The molecule has 0 aromatic heterocycles. The number of nitriles is 1. The molecule has 1 N–H and O–H groups in total. The zero-order chi connectivity index (χ0) is 16.6. The minimum atomic E-state index is -0.947. The first kappa shape index (κ1) is 18.0. The monoisotopic (exact) mass is 304 g/mol. The van der Waals surface area contributed by atoms with Crippen molar-refractivity contribution >= 4 is 11.6 Å². The molecule has 5 heteroatoms. The van der Waals surface area contributed by atoms with Gasteiger partial charge in [0.15, 0.2) is 0 Å². The first-order valence-corrected chi connectivity index (χ1v) is 7.57. The summed E-state index contributed by atoms with van der Waals surface area (Å²) in [4.78, 5) is 12.2. The molecule has 0 spiro atoms. The Morgan fingerprint density at radius 3 is 2.68 bits per heavy atom. The number of hydrogen-bond donors (Lipinski definition) is 1. The van der Waals surface area contributed by atoms with Crippen molar-refractivity contribution in [1.29, 1.82) is 5.26 Å². The summed E-state index contributed by atoms with van der Waals surface area (Å²) in [6, 6.07) is 7.15. The van der Waals surface area contributed by atoms with Gasteiger partial charge in [0.1, 0.15) is 17.4 Å². The summed E-state index contributed by atoms with van der Waals surface area (Å²) in [6.07, 6.45) is 2.01. The van der Waals surface area contributed by atoms with Crippen LogP contribution >= 0.6 is 0 Å². The second kappa shape index (κ2) is 8.40. The smallest absolute Gasteiger partial charge is 0.256 e. The van der Waals surface area contributed by atoms with E-state index in [0.29, 0.717) is 30.2 Å². The topological polar surface area (TPSA) is 71.3 Å². The zero-order valence-corrected chi connectivity index (χ0v) is 13.7. The predicted molar refractivity (Wildman–Crippen MR) is 85.9 cm³/mol. The highest BCUT2D eigenvalue weighted by atomic mass is 16.5. The summed E-state index contributed by atoms with van der Waals surface area (Å²) in [6.45, 7) is 8.36. The van der Waals surface area contributed by atoms with Crippen molar-refractivity contribution in [2.45, 2.75) is 46.1 Å². The molecule has 22 heavy (non-hydrogen) atoms. The Bertz CT molecular complexity index is 547. The number of carbonyl (C=O) groups excluding carboxylic acids is 1. The fraction of sp³-hybridized carbons (Fsp3) is 0.529. The molecule has 0 atom stereocenters. The van der Waals surface area contributed by atoms with Gasteiger partial charge < -0.3 is 14.8 Å². The predicted octanol–water partition coefficient (Wildman–Crippen LogP) is 3.49. The molecule has 0 aliphatic rings. The van der Waals surface area contributed by atoms with E-state index in [1.54, 1.807) is 32.0 Å². The van der Waals surface area contributed by atoms with E-state index >= 15 is 0 Å². The number of rotatable bonds is 8. The average Bonchev–Trinajstić information content (AvgIpc) is 2.48. The van der Waals surface area contributed by atoms with E-state index in [-0.39, 0.29) is 5.91 Å². The standard InChI is InChI=1S/C17H24N2O3/c1-5-7-10-21-14-8-9-15(13(11-14)12-18)19-16(20)17(3,4)22-6-2/h8-9,11H,5-7,10H2,1-4H3,(H,19,20). The van der Waals surface area contributed by atoms with Crippen LogP contribution in [0.1, 0.15) is 46.1 Å². The summed E-state index contributed by atoms with van der Waals surface area (Å²) < 4.78 is 11.0. The van der Waals surface area contributed by atoms with Gasteiger partial charge in [-0.15, -0.1) is 0 Å². The lowest BCUT2D eigenvalue weighted by molar-refractivity contribution is -0.136. The van der Waals surface area contributed by atoms with Crippen LogP contribution in [-0.4, -0.2) is 24.7 Å². The molecule has 0 saturated heterocycles. The second-order valence-corrected chi connectivity index (χ2v) is 5.42. The van der Waals surface area contributed by atoms with Crippen molar-refractivity contribution < 1.29 is 14.3 Å². The number of amides is 1. The van der Waals surface area contributed by atoms with Gasteiger partial charge in [0.05, 0.1) is 17.9 Å². The van der Waals surface area contributed by atoms with Crippen LogP contribution in [0.3, 0.4) is 0 Å². The molecule has 1 aromatic carbocycles. The minimum Gasteiger partial charge on any atom is -0.494 e. The highest BCUT2D eigenvalue weighted by Crippen LogP contribution is 2.23. The molecule has 0 saturated carbocycles. The van der Waals surface area contributed by atoms with Crippen molar-refractivity contribution in [3.05, 3.63) is 23.8 Å². The SMILES string of the molecule is CCCCOc1ccc(NC(=O)C(C)(C)OCC)c(C#N)c1. The van der Waals surface area contributed by atoms with Crippen LogP contribution in [0.15, 0.2) is 18.2 Å². The first-order valence-electron chi connectivity index (χ1n) is 7.57. The lowest BCUT2D eigenvalue weighted by Crippen LogP contribution is -2.40. The van der Waals surface area contributed by atoms with Gasteiger partial charge >= 0.3 is 0 Å². The van der Waals surface area contributed by atoms with Crippen molar-refractivity contribution in [3.8, 4) is 11.8 Å². The second-order valence-electron chi connectivity index (χ2n) is 5.42. The molecular weight excluding hydrogens is 280 g/mol. The number of nitrogens with one attached hydrogen (secondary N) is 1. The van der Waals surface area contributed by atoms with Crippen molar-refractivity contribution in [2.75, 3.05) is 18.5 Å². The Hall–Kier alpha value is -2.06. The largest absolute Gasteiger partial charge is 0.494 e. The number of hydrogen-bond acceptors (Lipinski definition) is 4. The van der Waals surface area contributed by atoms with E-state index in [4.69, 9.17) is 9.47 Å². The Morgan fingerprint density at radius 1 is 1.36 bits per heavy atom. The molecule has 0 aliphatic carbocycles. The van der Waals surface area contributed by atoms with E-state index in [1.807, 2.05) is 6.92 Å². The van der Waals surface area contributed by atoms with Crippen LogP contribution in [0.5, 0.6) is 5.75 Å². The maximum Gasteiger partial charge on any atom is 0.256 e. The maximum atomic E-state index is 12.2. The maximum absolute atomic E-state index is 12.2. The van der Waals surface area contributed by atoms with Crippen LogP contribution in [0.25, 0.3) is 0 Å². The van der Waals surface area contributed by atoms with E-state index in [0.717, 1.165) is 12.8 Å². The average molecular weight is 304 g/mol. The molecule has 1 amide bonds. The Kier molecular flexibility index (Phi) is 6.87.